The lowest BCUT2D eigenvalue weighted by atomic mass is 9.96. The zero-order valence-electron chi connectivity index (χ0n) is 26.8. The fourth-order valence-electron chi connectivity index (χ4n) is 5.58. The number of hydrogen-bond acceptors (Lipinski definition) is 9. The third kappa shape index (κ3) is 8.76. The maximum atomic E-state index is 6.51. The lowest BCUT2D eigenvalue weighted by Crippen LogP contribution is -2.63. The van der Waals surface area contributed by atoms with Crippen molar-refractivity contribution in [2.75, 3.05) is 59.5 Å². The smallest absolute Gasteiger partial charge is 0.374 e. The highest BCUT2D eigenvalue weighted by atomic mass is 28.4. The van der Waals surface area contributed by atoms with Gasteiger partial charge < -0.3 is 39.8 Å². The molecule has 0 radical (unpaired) electrons. The Balaban J connectivity index is 7.55. The van der Waals surface area contributed by atoms with E-state index in [4.69, 9.17) is 39.8 Å². The van der Waals surface area contributed by atoms with Crippen molar-refractivity contribution >= 4 is 36.7 Å². The molecule has 0 saturated heterocycles. The van der Waals surface area contributed by atoms with Gasteiger partial charge in [-0.3, -0.25) is 0 Å². The molecular formula is C25H60O9Si4. The van der Waals surface area contributed by atoms with Gasteiger partial charge in [0.1, 0.15) is 0 Å². The minimum absolute atomic E-state index is 0.131. The molecule has 3 unspecified atom stereocenters. The minimum atomic E-state index is -3.21. The molecule has 0 aromatic carbocycles. The molecule has 230 valence electrons. The van der Waals surface area contributed by atoms with Crippen LogP contribution in [0, 0.1) is 0 Å². The number of hydrogen-bond donors (Lipinski definition) is 0. The Morgan fingerprint density at radius 2 is 0.526 bits per heavy atom. The van der Waals surface area contributed by atoms with Gasteiger partial charge in [-0.2, -0.15) is 0 Å². The maximum Gasteiger partial charge on any atom is 0.504 e. The highest BCUT2D eigenvalue weighted by Gasteiger charge is 2.69. The summed E-state index contributed by atoms with van der Waals surface area (Å²) in [5, 5.41) is -0.469. The Kier molecular flexibility index (Phi) is 19.1. The standard InChI is InChI=1S/C25H60O9Si4/c1-13-26-36(27-14-2,28-15-3)22(10)25(35,23(11)37(29-16-4,30-17-5)31-18-6)24(12)38(32-19-7,33-20-8)34-21-9/h22-24H,13-21H2,1-12,35H3. The van der Waals surface area contributed by atoms with Crippen molar-refractivity contribution in [3.8, 4) is 0 Å². The Bertz CT molecular complexity index is 487. The van der Waals surface area contributed by atoms with Crippen molar-refractivity contribution in [1.29, 1.82) is 0 Å². The molecule has 0 heterocycles. The average molecular weight is 617 g/mol. The van der Waals surface area contributed by atoms with Crippen LogP contribution in [0.5, 0.6) is 0 Å². The topological polar surface area (TPSA) is 83.1 Å². The average Bonchev–Trinajstić information content (AvgIpc) is 2.88. The maximum absolute atomic E-state index is 6.51. The summed E-state index contributed by atoms with van der Waals surface area (Å²) in [7, 11) is -8.92. The van der Waals surface area contributed by atoms with Crippen molar-refractivity contribution < 1.29 is 39.8 Å². The normalized spacial score (nSPS) is 17.4. The summed E-state index contributed by atoms with van der Waals surface area (Å²) in [6.07, 6.45) is 0. The van der Waals surface area contributed by atoms with Crippen molar-refractivity contribution in [3.05, 3.63) is 0 Å². The fourth-order valence-corrected chi connectivity index (χ4v) is 19.7. The van der Waals surface area contributed by atoms with Crippen LogP contribution < -0.4 is 0 Å². The molecule has 0 N–H and O–H groups in total. The first-order chi connectivity index (χ1) is 18.0. The van der Waals surface area contributed by atoms with Gasteiger partial charge in [0.15, 0.2) is 0 Å². The van der Waals surface area contributed by atoms with Crippen molar-refractivity contribution in [2.45, 2.75) is 105 Å². The SMILES string of the molecule is CCO[Si](OCC)(OCC)C(C)C([SiH3])(C(C)[Si](OCC)(OCC)OCC)C(C)[Si](OCC)(OCC)OCC. The molecule has 0 aliphatic carbocycles. The van der Waals surface area contributed by atoms with Gasteiger partial charge in [-0.05, 0) is 67.4 Å². The molecule has 0 amide bonds. The van der Waals surface area contributed by atoms with Gasteiger partial charge in [0.05, 0.1) is 0 Å². The Morgan fingerprint density at radius 1 is 0.395 bits per heavy atom. The zero-order valence-corrected chi connectivity index (χ0v) is 31.8. The second-order valence-electron chi connectivity index (χ2n) is 9.24. The van der Waals surface area contributed by atoms with Crippen LogP contribution in [-0.4, -0.2) is 96.1 Å². The van der Waals surface area contributed by atoms with Gasteiger partial charge in [0.25, 0.3) is 0 Å². The van der Waals surface area contributed by atoms with Crippen LogP contribution in [0.1, 0.15) is 83.1 Å². The van der Waals surface area contributed by atoms with E-state index in [1.54, 1.807) is 0 Å². The molecule has 0 aliphatic rings. The molecule has 3 atom stereocenters. The van der Waals surface area contributed by atoms with Gasteiger partial charge >= 0.3 is 26.4 Å². The van der Waals surface area contributed by atoms with Crippen molar-refractivity contribution in [1.82, 2.24) is 0 Å². The second kappa shape index (κ2) is 18.8. The van der Waals surface area contributed by atoms with Crippen molar-refractivity contribution in [2.24, 2.45) is 0 Å². The summed E-state index contributed by atoms with van der Waals surface area (Å²) < 4.78 is 58.6. The first kappa shape index (κ1) is 38.5. The first-order valence-electron chi connectivity index (χ1n) is 14.8. The largest absolute Gasteiger partial charge is 0.504 e. The lowest BCUT2D eigenvalue weighted by molar-refractivity contribution is 0.0299. The summed E-state index contributed by atoms with van der Waals surface area (Å²) in [4.78, 5) is 0. The van der Waals surface area contributed by atoms with Crippen LogP contribution in [0.2, 0.25) is 21.7 Å². The molecule has 0 saturated carbocycles. The third-order valence-corrected chi connectivity index (χ3v) is 23.1. The molecule has 0 aromatic heterocycles. The van der Waals surface area contributed by atoms with Crippen LogP contribution >= 0.6 is 0 Å². The second-order valence-corrected chi connectivity index (χ2v) is 19.8. The lowest BCUT2D eigenvalue weighted by Gasteiger charge is -2.55. The van der Waals surface area contributed by atoms with E-state index >= 15 is 0 Å². The van der Waals surface area contributed by atoms with Crippen LogP contribution in [0.3, 0.4) is 0 Å². The summed E-state index contributed by atoms with van der Waals surface area (Å²) in [6, 6.07) is 0. The van der Waals surface area contributed by atoms with Gasteiger partial charge in [0, 0.05) is 86.3 Å². The van der Waals surface area contributed by atoms with Gasteiger partial charge in [-0.25, -0.2) is 0 Å². The summed E-state index contributed by atoms with van der Waals surface area (Å²) >= 11 is 0. The van der Waals surface area contributed by atoms with Gasteiger partial charge in [-0.1, -0.05) is 20.8 Å². The summed E-state index contributed by atoms with van der Waals surface area (Å²) in [5.74, 6) is 0. The predicted octanol–water partition coefficient (Wildman–Crippen LogP) is 4.83. The molecule has 0 aromatic rings. The van der Waals surface area contributed by atoms with E-state index in [2.05, 4.69) is 20.8 Å². The van der Waals surface area contributed by atoms with E-state index in [-0.39, 0.29) is 16.6 Å². The molecule has 0 rings (SSSR count). The predicted molar refractivity (Wildman–Crippen MR) is 163 cm³/mol. The first-order valence-corrected chi connectivity index (χ1v) is 21.2. The molecule has 0 bridgehead atoms. The van der Waals surface area contributed by atoms with Crippen molar-refractivity contribution in [3.63, 3.8) is 0 Å². The van der Waals surface area contributed by atoms with E-state index in [1.165, 1.54) is 0 Å². The zero-order chi connectivity index (χ0) is 29.5. The fraction of sp³-hybridized carbons (Fsp3) is 1.00. The van der Waals surface area contributed by atoms with Crippen LogP contribution in [-0.2, 0) is 39.8 Å². The van der Waals surface area contributed by atoms with Crippen LogP contribution in [0.15, 0.2) is 0 Å². The monoisotopic (exact) mass is 616 g/mol. The van der Waals surface area contributed by atoms with E-state index in [9.17, 15) is 0 Å². The van der Waals surface area contributed by atoms with E-state index < -0.39 is 31.5 Å². The van der Waals surface area contributed by atoms with Gasteiger partial charge in [0.2, 0.25) is 0 Å². The molecule has 9 nitrogen and oxygen atoms in total. The molecule has 38 heavy (non-hydrogen) atoms. The Labute approximate surface area is 240 Å². The summed E-state index contributed by atoms with van der Waals surface area (Å²) in [5.41, 5.74) is -0.394. The van der Waals surface area contributed by atoms with E-state index in [0.717, 1.165) is 0 Å². The van der Waals surface area contributed by atoms with Crippen LogP contribution in [0.25, 0.3) is 0 Å². The van der Waals surface area contributed by atoms with E-state index in [0.29, 0.717) is 69.7 Å². The molecular weight excluding hydrogens is 557 g/mol. The van der Waals surface area contributed by atoms with Gasteiger partial charge in [-0.15, -0.1) is 0 Å². The molecule has 13 heteroatoms. The highest BCUT2D eigenvalue weighted by molar-refractivity contribution is 6.70. The summed E-state index contributed by atoms with van der Waals surface area (Å²) in [6.45, 7) is 29.0. The molecule has 0 fully saturated rings. The highest BCUT2D eigenvalue weighted by Crippen LogP contribution is 2.65. The third-order valence-electron chi connectivity index (χ3n) is 7.50. The molecule has 0 spiro atoms. The number of rotatable bonds is 24. The Hall–Kier alpha value is 0.508. The quantitative estimate of drug-likeness (QED) is 0.142. The van der Waals surface area contributed by atoms with E-state index in [1.807, 2.05) is 62.3 Å². The Morgan fingerprint density at radius 3 is 0.632 bits per heavy atom. The van der Waals surface area contributed by atoms with Crippen LogP contribution in [0.4, 0.5) is 0 Å². The minimum Gasteiger partial charge on any atom is -0.374 e. The molecule has 0 aliphatic heterocycles.